The van der Waals surface area contributed by atoms with Crippen LogP contribution in [0.25, 0.3) is 0 Å². The van der Waals surface area contributed by atoms with Crippen molar-refractivity contribution in [1.82, 2.24) is 10.2 Å². The molecule has 30 heavy (non-hydrogen) atoms. The standard InChI is InChI=1S/C23H28FN3O3/c1-16(25-22(29)23(2,30)15-27-13-3-4-14-27)17-7-11-20(12-8-17)26-21(28)18-5-9-19(24)10-6-18/h5-12,16,30H,3-4,13-15H2,1-2H3,(H,25,29)(H,26,28). The van der Waals surface area contributed by atoms with E-state index in [4.69, 9.17) is 0 Å². The van der Waals surface area contributed by atoms with Crippen LogP contribution in [-0.4, -0.2) is 47.1 Å². The molecule has 3 rings (SSSR count). The van der Waals surface area contributed by atoms with E-state index in [1.165, 1.54) is 24.3 Å². The first-order chi connectivity index (χ1) is 14.2. The number of hydrogen-bond donors (Lipinski definition) is 3. The molecule has 160 valence electrons. The van der Waals surface area contributed by atoms with E-state index in [2.05, 4.69) is 15.5 Å². The number of nitrogens with one attached hydrogen (secondary N) is 2. The normalized spacial score (nSPS) is 17.2. The largest absolute Gasteiger partial charge is 0.379 e. The molecule has 0 bridgehead atoms. The number of amides is 2. The Bertz CT molecular complexity index is 876. The zero-order valence-corrected chi connectivity index (χ0v) is 17.3. The van der Waals surface area contributed by atoms with E-state index < -0.39 is 17.3 Å². The fraction of sp³-hybridized carbons (Fsp3) is 0.391. The lowest BCUT2D eigenvalue weighted by Crippen LogP contribution is -2.52. The highest BCUT2D eigenvalue weighted by Crippen LogP contribution is 2.19. The predicted molar refractivity (Wildman–Crippen MR) is 114 cm³/mol. The predicted octanol–water partition coefficient (Wildman–Crippen LogP) is 3.10. The molecule has 0 radical (unpaired) electrons. The number of benzene rings is 2. The Balaban J connectivity index is 1.56. The molecule has 2 aromatic carbocycles. The van der Waals surface area contributed by atoms with Crippen LogP contribution in [0.15, 0.2) is 48.5 Å². The minimum atomic E-state index is -1.46. The van der Waals surface area contributed by atoms with Gasteiger partial charge >= 0.3 is 0 Å². The molecule has 1 heterocycles. The van der Waals surface area contributed by atoms with Gasteiger partial charge in [-0.25, -0.2) is 4.39 Å². The van der Waals surface area contributed by atoms with Crippen molar-refractivity contribution in [2.45, 2.75) is 38.3 Å². The van der Waals surface area contributed by atoms with Gasteiger partial charge in [-0.3, -0.25) is 14.5 Å². The van der Waals surface area contributed by atoms with Gasteiger partial charge in [0.15, 0.2) is 5.60 Å². The Morgan fingerprint density at radius 2 is 1.70 bits per heavy atom. The summed E-state index contributed by atoms with van der Waals surface area (Å²) in [5.74, 6) is -1.14. The number of carbonyl (C=O) groups excluding carboxylic acids is 2. The quantitative estimate of drug-likeness (QED) is 0.652. The van der Waals surface area contributed by atoms with Gasteiger partial charge < -0.3 is 15.7 Å². The summed E-state index contributed by atoms with van der Waals surface area (Å²) in [6.07, 6.45) is 2.19. The average molecular weight is 413 g/mol. The Morgan fingerprint density at radius 1 is 1.10 bits per heavy atom. The van der Waals surface area contributed by atoms with E-state index in [-0.39, 0.29) is 11.9 Å². The molecule has 2 unspecified atom stereocenters. The van der Waals surface area contributed by atoms with E-state index >= 15 is 0 Å². The second-order valence-electron chi connectivity index (χ2n) is 8.04. The van der Waals surface area contributed by atoms with Gasteiger partial charge in [0.1, 0.15) is 5.82 Å². The molecule has 0 spiro atoms. The van der Waals surface area contributed by atoms with E-state index in [0.29, 0.717) is 17.8 Å². The molecule has 1 saturated heterocycles. The third-order valence-corrected chi connectivity index (χ3v) is 5.34. The third kappa shape index (κ3) is 5.64. The van der Waals surface area contributed by atoms with Gasteiger partial charge in [0.2, 0.25) is 0 Å². The van der Waals surface area contributed by atoms with Crippen LogP contribution in [0.3, 0.4) is 0 Å². The molecule has 2 aromatic rings. The van der Waals surface area contributed by atoms with Crippen LogP contribution in [0, 0.1) is 5.82 Å². The van der Waals surface area contributed by atoms with Crippen LogP contribution >= 0.6 is 0 Å². The van der Waals surface area contributed by atoms with Crippen molar-refractivity contribution in [2.75, 3.05) is 25.0 Å². The van der Waals surface area contributed by atoms with Crippen molar-refractivity contribution in [3.05, 3.63) is 65.5 Å². The van der Waals surface area contributed by atoms with Crippen molar-refractivity contribution < 1.29 is 19.1 Å². The Kier molecular flexibility index (Phi) is 6.84. The van der Waals surface area contributed by atoms with E-state index in [1.54, 1.807) is 31.2 Å². The van der Waals surface area contributed by atoms with Crippen molar-refractivity contribution in [3.63, 3.8) is 0 Å². The van der Waals surface area contributed by atoms with Crippen LogP contribution < -0.4 is 10.6 Å². The monoisotopic (exact) mass is 413 g/mol. The van der Waals surface area contributed by atoms with Crippen molar-refractivity contribution in [1.29, 1.82) is 0 Å². The summed E-state index contributed by atoms with van der Waals surface area (Å²) < 4.78 is 13.0. The molecule has 0 aromatic heterocycles. The first kappa shape index (κ1) is 21.9. The highest BCUT2D eigenvalue weighted by molar-refractivity contribution is 6.04. The molecule has 6 nitrogen and oxygen atoms in total. The molecule has 7 heteroatoms. The number of aliphatic hydroxyl groups is 1. The van der Waals surface area contributed by atoms with E-state index in [9.17, 15) is 19.1 Å². The maximum atomic E-state index is 13.0. The lowest BCUT2D eigenvalue weighted by atomic mass is 10.0. The van der Waals surface area contributed by atoms with Gasteiger partial charge in [-0.1, -0.05) is 12.1 Å². The Labute approximate surface area is 176 Å². The second kappa shape index (κ2) is 9.36. The smallest absolute Gasteiger partial charge is 0.255 e. The summed E-state index contributed by atoms with van der Waals surface area (Å²) in [5, 5.41) is 16.2. The van der Waals surface area contributed by atoms with Gasteiger partial charge in [0.05, 0.1) is 6.04 Å². The average Bonchev–Trinajstić information content (AvgIpc) is 3.21. The summed E-state index contributed by atoms with van der Waals surface area (Å²) in [6.45, 7) is 5.52. The van der Waals surface area contributed by atoms with Crippen LogP contribution in [0.2, 0.25) is 0 Å². The Hall–Kier alpha value is -2.77. The van der Waals surface area contributed by atoms with Gasteiger partial charge in [-0.05, 0) is 81.7 Å². The summed E-state index contributed by atoms with van der Waals surface area (Å²) in [4.78, 5) is 26.9. The lowest BCUT2D eigenvalue weighted by Gasteiger charge is -2.29. The first-order valence-corrected chi connectivity index (χ1v) is 10.2. The van der Waals surface area contributed by atoms with Gasteiger partial charge in [-0.2, -0.15) is 0 Å². The van der Waals surface area contributed by atoms with Gasteiger partial charge in [0, 0.05) is 17.8 Å². The molecule has 2 amide bonds. The Morgan fingerprint density at radius 3 is 2.30 bits per heavy atom. The highest BCUT2D eigenvalue weighted by atomic mass is 19.1. The van der Waals surface area contributed by atoms with Crippen LogP contribution in [0.5, 0.6) is 0 Å². The zero-order valence-electron chi connectivity index (χ0n) is 17.3. The van der Waals surface area contributed by atoms with E-state index in [1.807, 2.05) is 6.92 Å². The number of anilines is 1. The third-order valence-electron chi connectivity index (χ3n) is 5.34. The minimum absolute atomic E-state index is 0.301. The molecule has 0 saturated carbocycles. The van der Waals surface area contributed by atoms with Crippen molar-refractivity contribution in [2.24, 2.45) is 0 Å². The molecule has 2 atom stereocenters. The first-order valence-electron chi connectivity index (χ1n) is 10.2. The molecule has 0 aliphatic carbocycles. The van der Waals surface area contributed by atoms with Crippen LogP contribution in [0.4, 0.5) is 10.1 Å². The fourth-order valence-electron chi connectivity index (χ4n) is 3.54. The summed E-state index contributed by atoms with van der Waals surface area (Å²) in [7, 11) is 0. The number of halogens is 1. The number of hydrogen-bond acceptors (Lipinski definition) is 4. The highest BCUT2D eigenvalue weighted by Gasteiger charge is 2.34. The molecule has 3 N–H and O–H groups in total. The maximum Gasteiger partial charge on any atom is 0.255 e. The van der Waals surface area contributed by atoms with Gasteiger partial charge in [0.25, 0.3) is 11.8 Å². The molecular formula is C23H28FN3O3. The second-order valence-corrected chi connectivity index (χ2v) is 8.04. The zero-order chi connectivity index (χ0) is 21.7. The molecule has 1 aliphatic rings. The minimum Gasteiger partial charge on any atom is -0.379 e. The lowest BCUT2D eigenvalue weighted by molar-refractivity contribution is -0.140. The van der Waals surface area contributed by atoms with Gasteiger partial charge in [-0.15, -0.1) is 0 Å². The fourth-order valence-corrected chi connectivity index (χ4v) is 3.54. The van der Waals surface area contributed by atoms with Crippen LogP contribution in [0.1, 0.15) is 48.7 Å². The maximum absolute atomic E-state index is 13.0. The number of likely N-dealkylation sites (tertiary alicyclic amines) is 1. The molecule has 1 fully saturated rings. The number of rotatable bonds is 7. The molecular weight excluding hydrogens is 385 g/mol. The van der Waals surface area contributed by atoms with Crippen LogP contribution in [-0.2, 0) is 4.79 Å². The number of β-amino-alcohol motifs (C(OH)–C–C–N with tert-alkyl or cyclic N) is 1. The van der Waals surface area contributed by atoms with Crippen molar-refractivity contribution >= 4 is 17.5 Å². The molecule has 1 aliphatic heterocycles. The summed E-state index contributed by atoms with van der Waals surface area (Å²) >= 11 is 0. The van der Waals surface area contributed by atoms with Crippen molar-refractivity contribution in [3.8, 4) is 0 Å². The summed E-state index contributed by atoms with van der Waals surface area (Å²) in [5.41, 5.74) is 0.343. The number of nitrogens with zero attached hydrogens (tertiary/aromatic N) is 1. The SMILES string of the molecule is CC(NC(=O)C(C)(O)CN1CCCC1)c1ccc(NC(=O)c2ccc(F)cc2)cc1. The topological polar surface area (TPSA) is 81.7 Å². The number of carbonyl (C=O) groups is 2. The van der Waals surface area contributed by atoms with E-state index in [0.717, 1.165) is 31.5 Å². The summed E-state index contributed by atoms with van der Waals surface area (Å²) in [6, 6.07) is 12.1.